The maximum atomic E-state index is 13.3. The molecule has 7 nitrogen and oxygen atoms in total. The third-order valence-corrected chi connectivity index (χ3v) is 6.41. The fourth-order valence-corrected chi connectivity index (χ4v) is 4.91. The first-order valence-corrected chi connectivity index (χ1v) is 12.9. The highest BCUT2D eigenvalue weighted by Crippen LogP contribution is 2.39. The number of hydrogen-bond donors (Lipinski definition) is 1. The van der Waals surface area contributed by atoms with E-state index in [2.05, 4.69) is 9.82 Å². The smallest absolute Gasteiger partial charge is 0.284 e. The Hall–Kier alpha value is -3.17. The Morgan fingerprint density at radius 1 is 1.16 bits per heavy atom. The fraction of sp³-hybridized carbons (Fsp3) is 0.217. The number of para-hydroxylation sites is 2. The third kappa shape index (κ3) is 4.68. The lowest BCUT2D eigenvalue weighted by atomic mass is 9.97. The summed E-state index contributed by atoms with van der Waals surface area (Å²) in [5.74, 6) is 0.489. The number of hydrogen-bond acceptors (Lipinski definition) is 6. The summed E-state index contributed by atoms with van der Waals surface area (Å²) in [5.41, 5.74) is 2.54. The highest BCUT2D eigenvalue weighted by molar-refractivity contribution is 7.92. The second kappa shape index (κ2) is 9.13. The molecule has 1 aromatic heterocycles. The maximum Gasteiger partial charge on any atom is 0.284 e. The lowest BCUT2D eigenvalue weighted by Crippen LogP contribution is -2.26. The molecule has 1 N–H and O–H groups in total. The Balaban J connectivity index is 1.79. The standard InChI is InChI=1S/C23H23N3O4S2/c1-3-30-21-12-7-5-10-17(21)20-15-19(24-26(20)23(27)22-13-8-14-31-22)16-9-4-6-11-18(16)25-32(2,28)29/h4-14,20,25H,3,15H2,1-2H3/t20-/m1/s1. The van der Waals surface area contributed by atoms with Crippen LogP contribution in [0.3, 0.4) is 0 Å². The molecular formula is C23H23N3O4S2. The highest BCUT2D eigenvalue weighted by atomic mass is 32.2. The quantitative estimate of drug-likeness (QED) is 0.551. The summed E-state index contributed by atoms with van der Waals surface area (Å²) in [6.45, 7) is 2.41. The number of nitrogens with zero attached hydrogens (tertiary/aromatic N) is 2. The molecule has 1 amide bonds. The van der Waals surface area contributed by atoms with Gasteiger partial charge in [-0.05, 0) is 30.5 Å². The molecule has 4 rings (SSSR count). The molecule has 1 aliphatic rings. The second-order valence-corrected chi connectivity index (χ2v) is 9.98. The number of hydrazone groups is 1. The van der Waals surface area contributed by atoms with Crippen LogP contribution in [0.5, 0.6) is 5.75 Å². The average molecular weight is 470 g/mol. The van der Waals surface area contributed by atoms with Crippen LogP contribution in [0.2, 0.25) is 0 Å². The summed E-state index contributed by atoms with van der Waals surface area (Å²) in [6.07, 6.45) is 1.53. The van der Waals surface area contributed by atoms with Crippen LogP contribution in [0, 0.1) is 0 Å². The minimum absolute atomic E-state index is 0.208. The van der Waals surface area contributed by atoms with Crippen molar-refractivity contribution < 1.29 is 17.9 Å². The van der Waals surface area contributed by atoms with E-state index < -0.39 is 10.0 Å². The largest absolute Gasteiger partial charge is 0.494 e. The number of amides is 1. The molecule has 0 saturated heterocycles. The number of benzene rings is 2. The normalized spacial score (nSPS) is 16.0. The SMILES string of the molecule is CCOc1ccccc1[C@H]1CC(c2ccccc2NS(C)(=O)=O)=NN1C(=O)c1cccs1. The summed E-state index contributed by atoms with van der Waals surface area (Å²) in [5, 5.41) is 8.01. The van der Waals surface area contributed by atoms with Gasteiger partial charge in [0, 0.05) is 17.5 Å². The van der Waals surface area contributed by atoms with Crippen molar-refractivity contribution in [2.75, 3.05) is 17.6 Å². The second-order valence-electron chi connectivity index (χ2n) is 7.28. The number of rotatable bonds is 7. The first-order valence-electron chi connectivity index (χ1n) is 10.1. The third-order valence-electron chi connectivity index (χ3n) is 4.96. The van der Waals surface area contributed by atoms with Crippen molar-refractivity contribution in [2.24, 2.45) is 5.10 Å². The van der Waals surface area contributed by atoms with Crippen molar-refractivity contribution in [2.45, 2.75) is 19.4 Å². The Kier molecular flexibility index (Phi) is 6.29. The van der Waals surface area contributed by atoms with Crippen molar-refractivity contribution in [3.8, 4) is 5.75 Å². The van der Waals surface area contributed by atoms with Crippen LogP contribution in [0.15, 0.2) is 71.1 Å². The van der Waals surface area contributed by atoms with Gasteiger partial charge in [-0.3, -0.25) is 9.52 Å². The Morgan fingerprint density at radius 3 is 2.62 bits per heavy atom. The van der Waals surface area contributed by atoms with Gasteiger partial charge in [0.05, 0.1) is 35.2 Å². The van der Waals surface area contributed by atoms with Gasteiger partial charge in [-0.25, -0.2) is 13.4 Å². The van der Waals surface area contributed by atoms with Gasteiger partial charge in [0.1, 0.15) is 5.75 Å². The molecule has 0 spiro atoms. The average Bonchev–Trinajstić information content (AvgIpc) is 3.44. The zero-order valence-electron chi connectivity index (χ0n) is 17.7. The van der Waals surface area contributed by atoms with Crippen LogP contribution < -0.4 is 9.46 Å². The van der Waals surface area contributed by atoms with Crippen LogP contribution in [-0.4, -0.2) is 37.9 Å². The molecule has 2 heterocycles. The molecule has 3 aromatic rings. The van der Waals surface area contributed by atoms with Gasteiger partial charge in [0.25, 0.3) is 5.91 Å². The molecule has 2 aromatic carbocycles. The van der Waals surface area contributed by atoms with Crippen molar-refractivity contribution in [3.63, 3.8) is 0 Å². The molecule has 166 valence electrons. The van der Waals surface area contributed by atoms with E-state index >= 15 is 0 Å². The molecular weight excluding hydrogens is 446 g/mol. The molecule has 1 atom stereocenters. The topological polar surface area (TPSA) is 88.1 Å². The first kappa shape index (κ1) is 22.0. The Bertz CT molecular complexity index is 1250. The van der Waals surface area contributed by atoms with E-state index in [9.17, 15) is 13.2 Å². The maximum absolute atomic E-state index is 13.3. The summed E-state index contributed by atoms with van der Waals surface area (Å²) in [7, 11) is -3.48. The zero-order chi connectivity index (χ0) is 22.7. The molecule has 0 fully saturated rings. The molecule has 0 aliphatic carbocycles. The number of sulfonamides is 1. The molecule has 32 heavy (non-hydrogen) atoms. The minimum atomic E-state index is -3.48. The lowest BCUT2D eigenvalue weighted by Gasteiger charge is -2.23. The summed E-state index contributed by atoms with van der Waals surface area (Å²) in [4.78, 5) is 13.9. The molecule has 0 saturated carbocycles. The fourth-order valence-electron chi connectivity index (χ4n) is 3.68. The van der Waals surface area contributed by atoms with Crippen LogP contribution >= 0.6 is 11.3 Å². The van der Waals surface area contributed by atoms with Gasteiger partial charge < -0.3 is 4.74 Å². The van der Waals surface area contributed by atoms with Gasteiger partial charge in [0.15, 0.2) is 0 Å². The van der Waals surface area contributed by atoms with E-state index in [1.54, 1.807) is 24.3 Å². The van der Waals surface area contributed by atoms with E-state index in [1.807, 2.05) is 48.7 Å². The van der Waals surface area contributed by atoms with Gasteiger partial charge >= 0.3 is 0 Å². The zero-order valence-corrected chi connectivity index (χ0v) is 19.3. The summed E-state index contributed by atoms with van der Waals surface area (Å²) in [6, 6.07) is 17.9. The molecule has 0 radical (unpaired) electrons. The van der Waals surface area contributed by atoms with Crippen molar-refractivity contribution >= 4 is 38.7 Å². The van der Waals surface area contributed by atoms with E-state index in [0.29, 0.717) is 40.6 Å². The summed E-state index contributed by atoms with van der Waals surface area (Å²) < 4.78 is 32.1. The minimum Gasteiger partial charge on any atom is -0.494 e. The number of ether oxygens (including phenoxy) is 1. The van der Waals surface area contributed by atoms with Crippen molar-refractivity contribution in [1.82, 2.24) is 5.01 Å². The molecule has 0 bridgehead atoms. The molecule has 9 heteroatoms. The predicted molar refractivity (Wildman–Crippen MR) is 127 cm³/mol. The van der Waals surface area contributed by atoms with E-state index in [1.165, 1.54) is 16.3 Å². The van der Waals surface area contributed by atoms with Crippen LogP contribution in [0.25, 0.3) is 0 Å². The number of thiophene rings is 1. The van der Waals surface area contributed by atoms with Gasteiger partial charge in [-0.15, -0.1) is 11.3 Å². The van der Waals surface area contributed by atoms with Crippen LogP contribution in [0.4, 0.5) is 5.69 Å². The number of anilines is 1. The van der Waals surface area contributed by atoms with Gasteiger partial charge in [-0.2, -0.15) is 5.10 Å². The summed E-state index contributed by atoms with van der Waals surface area (Å²) >= 11 is 1.35. The van der Waals surface area contributed by atoms with Crippen molar-refractivity contribution in [3.05, 3.63) is 82.0 Å². The lowest BCUT2D eigenvalue weighted by molar-refractivity contribution is 0.0714. The van der Waals surface area contributed by atoms with Gasteiger partial charge in [-0.1, -0.05) is 42.5 Å². The number of nitrogens with one attached hydrogen (secondary N) is 1. The van der Waals surface area contributed by atoms with Crippen LogP contribution in [0.1, 0.15) is 40.2 Å². The number of carbonyl (C=O) groups excluding carboxylic acids is 1. The van der Waals surface area contributed by atoms with E-state index in [-0.39, 0.29) is 11.9 Å². The Labute approximate surface area is 191 Å². The van der Waals surface area contributed by atoms with E-state index in [0.717, 1.165) is 11.8 Å². The monoisotopic (exact) mass is 469 g/mol. The Morgan fingerprint density at radius 2 is 1.91 bits per heavy atom. The van der Waals surface area contributed by atoms with Crippen LogP contribution in [-0.2, 0) is 10.0 Å². The highest BCUT2D eigenvalue weighted by Gasteiger charge is 2.36. The van der Waals surface area contributed by atoms with Gasteiger partial charge in [0.2, 0.25) is 10.0 Å². The molecule has 1 aliphatic heterocycles. The predicted octanol–water partition coefficient (Wildman–Crippen LogP) is 4.51. The number of carbonyl (C=O) groups is 1. The van der Waals surface area contributed by atoms with Crippen molar-refractivity contribution in [1.29, 1.82) is 0 Å². The first-order chi connectivity index (χ1) is 15.4. The molecule has 0 unspecified atom stereocenters. The van der Waals surface area contributed by atoms with E-state index in [4.69, 9.17) is 4.74 Å².